The Bertz CT molecular complexity index is 1120. The SMILES string of the molecule is CC(=O)Oc1ccccc1-c1nc(-c2ccccc2OCc2ccccc2)no1. The summed E-state index contributed by atoms with van der Waals surface area (Å²) in [5.74, 6) is 1.24. The lowest BCUT2D eigenvalue weighted by atomic mass is 10.1. The standard InChI is InChI=1S/C23H18N2O4/c1-16(26)28-21-14-8-6-12-19(21)23-24-22(25-29-23)18-11-5-7-13-20(18)27-15-17-9-3-2-4-10-17/h2-14H,15H2,1H3. The number of ether oxygens (including phenoxy) is 2. The molecular weight excluding hydrogens is 368 g/mol. The molecule has 6 heteroatoms. The topological polar surface area (TPSA) is 74.5 Å². The minimum atomic E-state index is -0.420. The van der Waals surface area contributed by atoms with Gasteiger partial charge in [0.25, 0.3) is 5.89 Å². The van der Waals surface area contributed by atoms with Crippen molar-refractivity contribution < 1.29 is 18.8 Å². The molecule has 0 amide bonds. The van der Waals surface area contributed by atoms with Crippen molar-refractivity contribution in [3.05, 3.63) is 84.4 Å². The van der Waals surface area contributed by atoms with Gasteiger partial charge >= 0.3 is 5.97 Å². The Morgan fingerprint density at radius 3 is 2.28 bits per heavy atom. The highest BCUT2D eigenvalue weighted by molar-refractivity contribution is 5.74. The molecule has 29 heavy (non-hydrogen) atoms. The summed E-state index contributed by atoms with van der Waals surface area (Å²) >= 11 is 0. The van der Waals surface area contributed by atoms with Crippen LogP contribution in [0.25, 0.3) is 22.8 Å². The molecule has 0 atom stereocenters. The Morgan fingerprint density at radius 1 is 0.862 bits per heavy atom. The molecule has 6 nitrogen and oxygen atoms in total. The van der Waals surface area contributed by atoms with Crippen molar-refractivity contribution in [1.82, 2.24) is 10.1 Å². The van der Waals surface area contributed by atoms with E-state index in [-0.39, 0.29) is 5.89 Å². The molecule has 0 aliphatic heterocycles. The van der Waals surface area contributed by atoms with Crippen LogP contribution in [0.2, 0.25) is 0 Å². The van der Waals surface area contributed by atoms with Crippen LogP contribution in [-0.4, -0.2) is 16.1 Å². The van der Waals surface area contributed by atoms with Gasteiger partial charge in [-0.05, 0) is 29.8 Å². The maximum absolute atomic E-state index is 11.4. The first-order valence-electron chi connectivity index (χ1n) is 9.08. The summed E-state index contributed by atoms with van der Waals surface area (Å²) in [7, 11) is 0. The monoisotopic (exact) mass is 386 g/mol. The molecular formula is C23H18N2O4. The van der Waals surface area contributed by atoms with Crippen molar-refractivity contribution in [2.24, 2.45) is 0 Å². The molecule has 4 rings (SSSR count). The normalized spacial score (nSPS) is 10.5. The Kier molecular flexibility index (Phi) is 5.33. The average Bonchev–Trinajstić information content (AvgIpc) is 3.23. The molecule has 0 spiro atoms. The number of benzene rings is 3. The van der Waals surface area contributed by atoms with Gasteiger partial charge in [0.15, 0.2) is 0 Å². The molecule has 0 radical (unpaired) electrons. The van der Waals surface area contributed by atoms with Crippen LogP contribution in [0.1, 0.15) is 12.5 Å². The van der Waals surface area contributed by atoms with Crippen molar-refractivity contribution in [1.29, 1.82) is 0 Å². The highest BCUT2D eigenvalue weighted by Crippen LogP contribution is 2.33. The van der Waals surface area contributed by atoms with Gasteiger partial charge in [-0.1, -0.05) is 59.8 Å². The van der Waals surface area contributed by atoms with E-state index in [4.69, 9.17) is 14.0 Å². The average molecular weight is 386 g/mol. The van der Waals surface area contributed by atoms with Gasteiger partial charge < -0.3 is 14.0 Å². The fourth-order valence-electron chi connectivity index (χ4n) is 2.84. The highest BCUT2D eigenvalue weighted by Gasteiger charge is 2.18. The van der Waals surface area contributed by atoms with Crippen molar-refractivity contribution in [3.63, 3.8) is 0 Å². The van der Waals surface area contributed by atoms with Crippen molar-refractivity contribution in [2.45, 2.75) is 13.5 Å². The van der Waals surface area contributed by atoms with Crippen LogP contribution in [0, 0.1) is 0 Å². The predicted molar refractivity (Wildman–Crippen MR) is 107 cm³/mol. The van der Waals surface area contributed by atoms with Crippen LogP contribution in [0.3, 0.4) is 0 Å². The van der Waals surface area contributed by atoms with Crippen molar-refractivity contribution in [3.8, 4) is 34.3 Å². The van der Waals surface area contributed by atoms with Gasteiger partial charge in [0.2, 0.25) is 5.82 Å². The first-order valence-corrected chi connectivity index (χ1v) is 9.08. The summed E-state index contributed by atoms with van der Waals surface area (Å²) in [6, 6.07) is 24.4. The van der Waals surface area contributed by atoms with Gasteiger partial charge in [-0.2, -0.15) is 4.98 Å². The minimum absolute atomic E-state index is 0.259. The third kappa shape index (κ3) is 4.32. The van der Waals surface area contributed by atoms with Gasteiger partial charge in [0, 0.05) is 6.92 Å². The first-order chi connectivity index (χ1) is 14.2. The van der Waals surface area contributed by atoms with Gasteiger partial charge in [0.05, 0.1) is 11.1 Å². The summed E-state index contributed by atoms with van der Waals surface area (Å²) in [6.07, 6.45) is 0. The van der Waals surface area contributed by atoms with E-state index >= 15 is 0 Å². The van der Waals surface area contributed by atoms with E-state index in [0.717, 1.165) is 5.56 Å². The second-order valence-electron chi connectivity index (χ2n) is 6.28. The largest absolute Gasteiger partial charge is 0.488 e. The number of hydrogen-bond acceptors (Lipinski definition) is 6. The molecule has 1 aromatic heterocycles. The van der Waals surface area contributed by atoms with E-state index in [0.29, 0.717) is 35.1 Å². The van der Waals surface area contributed by atoms with E-state index in [2.05, 4.69) is 10.1 Å². The number of aromatic nitrogens is 2. The van der Waals surface area contributed by atoms with Crippen LogP contribution in [0.5, 0.6) is 11.5 Å². The molecule has 0 bridgehead atoms. The zero-order valence-electron chi connectivity index (χ0n) is 15.7. The summed E-state index contributed by atoms with van der Waals surface area (Å²) in [6.45, 7) is 1.77. The number of rotatable bonds is 6. The second kappa shape index (κ2) is 8.39. The van der Waals surface area contributed by atoms with Crippen LogP contribution in [0.15, 0.2) is 83.4 Å². The summed E-state index contributed by atoms with van der Waals surface area (Å²) in [5.41, 5.74) is 2.32. The fraction of sp³-hybridized carbons (Fsp3) is 0.0870. The summed E-state index contributed by atoms with van der Waals surface area (Å²) in [5, 5.41) is 4.09. The zero-order valence-corrected chi connectivity index (χ0v) is 15.7. The third-order valence-electron chi connectivity index (χ3n) is 4.16. The Hall–Kier alpha value is -3.93. The predicted octanol–water partition coefficient (Wildman–Crippen LogP) is 4.91. The Balaban J connectivity index is 1.62. The molecule has 0 aliphatic carbocycles. The molecule has 0 saturated heterocycles. The maximum atomic E-state index is 11.4. The molecule has 144 valence electrons. The van der Waals surface area contributed by atoms with Crippen molar-refractivity contribution in [2.75, 3.05) is 0 Å². The van der Waals surface area contributed by atoms with Gasteiger partial charge in [-0.15, -0.1) is 0 Å². The second-order valence-corrected chi connectivity index (χ2v) is 6.28. The van der Waals surface area contributed by atoms with Crippen LogP contribution in [0.4, 0.5) is 0 Å². The van der Waals surface area contributed by atoms with Crippen molar-refractivity contribution >= 4 is 5.97 Å². The molecule has 0 fully saturated rings. The first kappa shape index (κ1) is 18.4. The number of carbonyl (C=O) groups excluding carboxylic acids is 1. The lowest BCUT2D eigenvalue weighted by Gasteiger charge is -2.09. The fourth-order valence-corrected chi connectivity index (χ4v) is 2.84. The number of para-hydroxylation sites is 2. The lowest BCUT2D eigenvalue weighted by Crippen LogP contribution is -2.02. The van der Waals surface area contributed by atoms with Gasteiger partial charge in [-0.3, -0.25) is 4.79 Å². The molecule has 1 heterocycles. The number of carbonyl (C=O) groups is 1. The zero-order chi connectivity index (χ0) is 20.1. The number of hydrogen-bond donors (Lipinski definition) is 0. The molecule has 0 unspecified atom stereocenters. The van der Waals surface area contributed by atoms with Gasteiger partial charge in [0.1, 0.15) is 18.1 Å². The lowest BCUT2D eigenvalue weighted by molar-refractivity contribution is -0.131. The summed E-state index contributed by atoms with van der Waals surface area (Å²) in [4.78, 5) is 15.8. The van der Waals surface area contributed by atoms with Crippen LogP contribution in [-0.2, 0) is 11.4 Å². The number of esters is 1. The smallest absolute Gasteiger partial charge is 0.308 e. The quantitative estimate of drug-likeness (QED) is 0.346. The Morgan fingerprint density at radius 2 is 1.52 bits per heavy atom. The third-order valence-corrected chi connectivity index (χ3v) is 4.16. The molecule has 3 aromatic carbocycles. The minimum Gasteiger partial charge on any atom is -0.488 e. The van der Waals surface area contributed by atoms with Crippen LogP contribution < -0.4 is 9.47 Å². The Labute approximate surface area is 167 Å². The van der Waals surface area contributed by atoms with E-state index < -0.39 is 5.97 Å². The van der Waals surface area contributed by atoms with E-state index in [1.54, 1.807) is 18.2 Å². The van der Waals surface area contributed by atoms with E-state index in [1.165, 1.54) is 6.92 Å². The molecule has 0 aliphatic rings. The summed E-state index contributed by atoms with van der Waals surface area (Å²) < 4.78 is 16.6. The van der Waals surface area contributed by atoms with E-state index in [9.17, 15) is 4.79 Å². The number of nitrogens with zero attached hydrogens (tertiary/aromatic N) is 2. The molecule has 4 aromatic rings. The molecule has 0 saturated carbocycles. The van der Waals surface area contributed by atoms with E-state index in [1.807, 2.05) is 60.7 Å². The maximum Gasteiger partial charge on any atom is 0.308 e. The van der Waals surface area contributed by atoms with Crippen LogP contribution >= 0.6 is 0 Å². The molecule has 0 N–H and O–H groups in total. The van der Waals surface area contributed by atoms with Gasteiger partial charge in [-0.25, -0.2) is 0 Å². The highest BCUT2D eigenvalue weighted by atomic mass is 16.5.